The van der Waals surface area contributed by atoms with Crippen LogP contribution in [-0.2, 0) is 6.42 Å². The molecular weight excluding hydrogens is 240 g/mol. The van der Waals surface area contributed by atoms with Crippen LogP contribution in [0.2, 0.25) is 0 Å². The standard InChI is InChI=1S/C16H24O3/c1-19-15-10-6-5-9-13(15)11-14(17)16(18)12-7-3-2-4-8-12/h5-6,9-10,12,14,16-18H,2-4,7-8,11H2,1H3. The van der Waals surface area contributed by atoms with Crippen LogP contribution in [0, 0.1) is 5.92 Å². The van der Waals surface area contributed by atoms with Gasteiger partial charge in [0.05, 0.1) is 19.3 Å². The molecule has 2 atom stereocenters. The first kappa shape index (κ1) is 14.4. The van der Waals surface area contributed by atoms with E-state index in [-0.39, 0.29) is 5.92 Å². The van der Waals surface area contributed by atoms with Gasteiger partial charge in [-0.25, -0.2) is 0 Å². The Bertz CT molecular complexity index is 385. The van der Waals surface area contributed by atoms with Gasteiger partial charge in [0.15, 0.2) is 0 Å². The summed E-state index contributed by atoms with van der Waals surface area (Å²) >= 11 is 0. The summed E-state index contributed by atoms with van der Waals surface area (Å²) in [5.41, 5.74) is 0.951. The average molecular weight is 264 g/mol. The van der Waals surface area contributed by atoms with Crippen LogP contribution >= 0.6 is 0 Å². The quantitative estimate of drug-likeness (QED) is 0.859. The molecular formula is C16H24O3. The fraction of sp³-hybridized carbons (Fsp3) is 0.625. The predicted octanol–water partition coefficient (Wildman–Crippen LogP) is 2.54. The molecule has 2 N–H and O–H groups in total. The highest BCUT2D eigenvalue weighted by Crippen LogP contribution is 2.29. The fourth-order valence-corrected chi connectivity index (χ4v) is 3.01. The summed E-state index contributed by atoms with van der Waals surface area (Å²) in [6.07, 6.45) is 4.78. The average Bonchev–Trinajstić information content (AvgIpc) is 2.48. The van der Waals surface area contributed by atoms with Crippen molar-refractivity contribution >= 4 is 0 Å². The summed E-state index contributed by atoms with van der Waals surface area (Å²) in [4.78, 5) is 0. The van der Waals surface area contributed by atoms with Crippen molar-refractivity contribution in [3.05, 3.63) is 29.8 Å². The van der Waals surface area contributed by atoms with Gasteiger partial charge in [-0.2, -0.15) is 0 Å². The Kier molecular flexibility index (Phi) is 5.23. The van der Waals surface area contributed by atoms with E-state index in [1.54, 1.807) is 7.11 Å². The van der Waals surface area contributed by atoms with Gasteiger partial charge in [-0.3, -0.25) is 0 Å². The van der Waals surface area contributed by atoms with Crippen molar-refractivity contribution in [3.63, 3.8) is 0 Å². The number of aliphatic hydroxyl groups excluding tert-OH is 2. The van der Waals surface area contributed by atoms with Gasteiger partial charge in [-0.05, 0) is 30.4 Å². The number of hydrogen-bond donors (Lipinski definition) is 2. The number of hydrogen-bond acceptors (Lipinski definition) is 3. The van der Waals surface area contributed by atoms with Gasteiger partial charge in [-0.15, -0.1) is 0 Å². The first-order valence-corrected chi connectivity index (χ1v) is 7.20. The van der Waals surface area contributed by atoms with E-state index in [1.807, 2.05) is 24.3 Å². The van der Waals surface area contributed by atoms with Crippen molar-refractivity contribution in [1.29, 1.82) is 0 Å². The van der Waals surface area contributed by atoms with E-state index >= 15 is 0 Å². The fourth-order valence-electron chi connectivity index (χ4n) is 3.01. The number of ether oxygens (including phenoxy) is 1. The van der Waals surface area contributed by atoms with Crippen LogP contribution in [0.3, 0.4) is 0 Å². The van der Waals surface area contributed by atoms with Crippen LogP contribution in [0.25, 0.3) is 0 Å². The van der Waals surface area contributed by atoms with E-state index in [4.69, 9.17) is 4.74 Å². The van der Waals surface area contributed by atoms with Crippen LogP contribution in [0.5, 0.6) is 5.75 Å². The largest absolute Gasteiger partial charge is 0.496 e. The van der Waals surface area contributed by atoms with Crippen molar-refractivity contribution in [2.45, 2.75) is 50.7 Å². The highest BCUT2D eigenvalue weighted by Gasteiger charge is 2.28. The van der Waals surface area contributed by atoms with E-state index in [1.165, 1.54) is 19.3 Å². The van der Waals surface area contributed by atoms with Gasteiger partial charge in [0.2, 0.25) is 0 Å². The molecule has 0 heterocycles. The molecule has 1 fully saturated rings. The van der Waals surface area contributed by atoms with Gasteiger partial charge in [0.25, 0.3) is 0 Å². The molecule has 0 aromatic heterocycles. The highest BCUT2D eigenvalue weighted by molar-refractivity contribution is 5.33. The second kappa shape index (κ2) is 6.92. The zero-order chi connectivity index (χ0) is 13.7. The molecule has 0 radical (unpaired) electrons. The maximum absolute atomic E-state index is 10.3. The predicted molar refractivity (Wildman–Crippen MR) is 75.3 cm³/mol. The van der Waals surface area contributed by atoms with Crippen molar-refractivity contribution in [2.75, 3.05) is 7.11 Å². The van der Waals surface area contributed by atoms with Gasteiger partial charge in [0.1, 0.15) is 5.75 Å². The van der Waals surface area contributed by atoms with Crippen molar-refractivity contribution in [1.82, 2.24) is 0 Å². The Labute approximate surface area is 115 Å². The molecule has 1 aromatic carbocycles. The van der Waals surface area contributed by atoms with Gasteiger partial charge in [0, 0.05) is 6.42 Å². The first-order chi connectivity index (χ1) is 9.22. The van der Waals surface area contributed by atoms with E-state index in [2.05, 4.69) is 0 Å². The van der Waals surface area contributed by atoms with Gasteiger partial charge in [-0.1, -0.05) is 37.5 Å². The third kappa shape index (κ3) is 3.71. The molecule has 0 saturated heterocycles. The highest BCUT2D eigenvalue weighted by atomic mass is 16.5. The minimum Gasteiger partial charge on any atom is -0.496 e. The van der Waals surface area contributed by atoms with Crippen molar-refractivity contribution in [3.8, 4) is 5.75 Å². The van der Waals surface area contributed by atoms with Crippen LogP contribution < -0.4 is 4.74 Å². The summed E-state index contributed by atoms with van der Waals surface area (Å²) in [5.74, 6) is 1.02. The molecule has 0 spiro atoms. The lowest BCUT2D eigenvalue weighted by molar-refractivity contribution is -0.0265. The smallest absolute Gasteiger partial charge is 0.122 e. The summed E-state index contributed by atoms with van der Waals surface area (Å²) in [6, 6.07) is 7.66. The minimum atomic E-state index is -0.709. The third-order valence-electron chi connectivity index (χ3n) is 4.15. The Hall–Kier alpha value is -1.06. The molecule has 1 saturated carbocycles. The topological polar surface area (TPSA) is 49.7 Å². The molecule has 1 aliphatic rings. The van der Waals surface area contributed by atoms with Crippen LogP contribution in [0.1, 0.15) is 37.7 Å². The normalized spacial score (nSPS) is 19.9. The summed E-state index contributed by atoms with van der Waals surface area (Å²) < 4.78 is 5.28. The molecule has 19 heavy (non-hydrogen) atoms. The summed E-state index contributed by atoms with van der Waals surface area (Å²) in [6.45, 7) is 0. The maximum Gasteiger partial charge on any atom is 0.122 e. The molecule has 0 bridgehead atoms. The number of rotatable bonds is 5. The molecule has 3 nitrogen and oxygen atoms in total. The molecule has 2 rings (SSSR count). The maximum atomic E-state index is 10.3. The van der Waals surface area contributed by atoms with E-state index < -0.39 is 12.2 Å². The van der Waals surface area contributed by atoms with Crippen molar-refractivity contribution < 1.29 is 14.9 Å². The Morgan fingerprint density at radius 3 is 2.53 bits per heavy atom. The molecule has 2 unspecified atom stereocenters. The Morgan fingerprint density at radius 2 is 1.84 bits per heavy atom. The molecule has 0 amide bonds. The minimum absolute atomic E-state index is 0.249. The van der Waals surface area contributed by atoms with Crippen molar-refractivity contribution in [2.24, 2.45) is 5.92 Å². The molecule has 0 aliphatic heterocycles. The lowest BCUT2D eigenvalue weighted by Gasteiger charge is -2.30. The third-order valence-corrected chi connectivity index (χ3v) is 4.15. The number of methoxy groups -OCH3 is 1. The Balaban J connectivity index is 1.97. The lowest BCUT2D eigenvalue weighted by Crippen LogP contribution is -2.36. The van der Waals surface area contributed by atoms with E-state index in [9.17, 15) is 10.2 Å². The monoisotopic (exact) mass is 264 g/mol. The molecule has 3 heteroatoms. The number of aliphatic hydroxyl groups is 2. The van der Waals surface area contributed by atoms with E-state index in [0.717, 1.165) is 24.2 Å². The van der Waals surface area contributed by atoms with Crippen LogP contribution in [-0.4, -0.2) is 29.5 Å². The zero-order valence-electron chi connectivity index (χ0n) is 11.6. The second-order valence-electron chi connectivity index (χ2n) is 5.47. The lowest BCUT2D eigenvalue weighted by atomic mass is 9.82. The van der Waals surface area contributed by atoms with Crippen LogP contribution in [0.4, 0.5) is 0 Å². The zero-order valence-corrected chi connectivity index (χ0v) is 11.6. The van der Waals surface area contributed by atoms with Crippen LogP contribution in [0.15, 0.2) is 24.3 Å². The molecule has 106 valence electrons. The molecule has 1 aliphatic carbocycles. The summed E-state index contributed by atoms with van der Waals surface area (Å²) in [5, 5.41) is 20.5. The first-order valence-electron chi connectivity index (χ1n) is 7.20. The SMILES string of the molecule is COc1ccccc1CC(O)C(O)C1CCCCC1. The van der Waals surface area contributed by atoms with E-state index in [0.29, 0.717) is 6.42 Å². The van der Waals surface area contributed by atoms with Gasteiger partial charge < -0.3 is 14.9 Å². The van der Waals surface area contributed by atoms with Gasteiger partial charge >= 0.3 is 0 Å². The molecule has 1 aromatic rings. The Morgan fingerprint density at radius 1 is 1.16 bits per heavy atom. The summed E-state index contributed by atoms with van der Waals surface area (Å²) in [7, 11) is 1.63. The number of para-hydroxylation sites is 1. The second-order valence-corrected chi connectivity index (χ2v) is 5.47. The number of benzene rings is 1.